The van der Waals surface area contributed by atoms with E-state index in [4.69, 9.17) is 0 Å². The summed E-state index contributed by atoms with van der Waals surface area (Å²) in [7, 11) is 0. The van der Waals surface area contributed by atoms with Crippen LogP contribution in [0.2, 0.25) is 0 Å². The summed E-state index contributed by atoms with van der Waals surface area (Å²) in [5.74, 6) is 2.68. The molecule has 0 radical (unpaired) electrons. The fourth-order valence-corrected chi connectivity index (χ4v) is 6.21. The molecule has 0 unspecified atom stereocenters. The molecule has 5 aliphatic carbocycles. The highest BCUT2D eigenvalue weighted by Crippen LogP contribution is 2.60. The second-order valence-electron chi connectivity index (χ2n) is 8.67. The molecule has 5 saturated carbocycles. The lowest BCUT2D eigenvalue weighted by Gasteiger charge is -2.55. The van der Waals surface area contributed by atoms with Crippen LogP contribution in [0.1, 0.15) is 70.6 Å². The van der Waals surface area contributed by atoms with E-state index in [1.807, 2.05) is 0 Å². The van der Waals surface area contributed by atoms with Gasteiger partial charge in [0.2, 0.25) is 5.91 Å². The second-order valence-corrected chi connectivity index (χ2v) is 8.67. The van der Waals surface area contributed by atoms with Gasteiger partial charge in [0.25, 0.3) is 0 Å². The molecule has 1 amide bonds. The monoisotopic (exact) mass is 291 g/mol. The minimum atomic E-state index is -0.629. The van der Waals surface area contributed by atoms with Crippen LogP contribution in [0, 0.1) is 23.2 Å². The Hall–Kier alpha value is -0.570. The van der Waals surface area contributed by atoms with Gasteiger partial charge in [0, 0.05) is 12.0 Å². The van der Waals surface area contributed by atoms with E-state index in [1.165, 1.54) is 25.7 Å². The Morgan fingerprint density at radius 2 is 1.48 bits per heavy atom. The van der Waals surface area contributed by atoms with Crippen LogP contribution in [-0.4, -0.2) is 23.2 Å². The Morgan fingerprint density at radius 3 is 2.00 bits per heavy atom. The molecule has 3 heteroatoms. The Bertz CT molecular complexity index is 390. The quantitative estimate of drug-likeness (QED) is 0.840. The third kappa shape index (κ3) is 2.52. The maximum absolute atomic E-state index is 12.9. The minimum absolute atomic E-state index is 0.0697. The van der Waals surface area contributed by atoms with Crippen molar-refractivity contribution in [3.63, 3.8) is 0 Å². The van der Waals surface area contributed by atoms with Gasteiger partial charge < -0.3 is 10.4 Å². The van der Waals surface area contributed by atoms with Gasteiger partial charge in [-0.05, 0) is 69.1 Å². The zero-order chi connectivity index (χ0) is 14.5. The normalized spacial score (nSPS) is 43.8. The maximum atomic E-state index is 12.9. The first-order valence-electron chi connectivity index (χ1n) is 9.08. The molecule has 0 aromatic carbocycles. The van der Waals surface area contributed by atoms with Crippen molar-refractivity contribution in [3.8, 4) is 0 Å². The number of carbonyl (C=O) groups is 1. The molecule has 4 bridgehead atoms. The molecule has 5 fully saturated rings. The summed E-state index contributed by atoms with van der Waals surface area (Å²) in [4.78, 5) is 12.9. The smallest absolute Gasteiger partial charge is 0.226 e. The van der Waals surface area contributed by atoms with Crippen molar-refractivity contribution in [1.82, 2.24) is 5.32 Å². The lowest BCUT2D eigenvalue weighted by atomic mass is 9.49. The van der Waals surface area contributed by atoms with Crippen molar-refractivity contribution in [1.29, 1.82) is 0 Å². The molecule has 3 nitrogen and oxygen atoms in total. The summed E-state index contributed by atoms with van der Waals surface area (Å²) in [5.41, 5.74) is -0.698. The molecule has 5 rings (SSSR count). The topological polar surface area (TPSA) is 49.3 Å². The molecule has 5 aliphatic rings. The minimum Gasteiger partial charge on any atom is -0.388 e. The molecule has 0 atom stereocenters. The first kappa shape index (κ1) is 14.0. The summed E-state index contributed by atoms with van der Waals surface area (Å²) in [6, 6.07) is 0. The maximum Gasteiger partial charge on any atom is 0.226 e. The summed E-state index contributed by atoms with van der Waals surface area (Å²) in [6.07, 6.45) is 12.6. The number of hydrogen-bond acceptors (Lipinski definition) is 2. The van der Waals surface area contributed by atoms with Crippen LogP contribution in [0.5, 0.6) is 0 Å². The highest BCUT2D eigenvalue weighted by Gasteiger charge is 2.54. The third-order valence-corrected chi connectivity index (χ3v) is 6.88. The highest BCUT2D eigenvalue weighted by molar-refractivity contribution is 5.83. The van der Waals surface area contributed by atoms with Crippen LogP contribution in [-0.2, 0) is 4.79 Å². The first-order valence-corrected chi connectivity index (χ1v) is 9.08. The molecule has 21 heavy (non-hydrogen) atoms. The molecular formula is C18H29NO2. The lowest BCUT2D eigenvalue weighted by molar-refractivity contribution is -0.147. The SMILES string of the molecule is O=C(NCC1(O)CCCCC1)C12CC3CC(CC(C3)C1)C2. The largest absolute Gasteiger partial charge is 0.388 e. The van der Waals surface area contributed by atoms with E-state index in [-0.39, 0.29) is 11.3 Å². The number of aliphatic hydroxyl groups is 1. The van der Waals surface area contributed by atoms with Gasteiger partial charge in [0.15, 0.2) is 0 Å². The number of hydrogen-bond donors (Lipinski definition) is 2. The van der Waals surface area contributed by atoms with E-state index in [2.05, 4.69) is 5.32 Å². The van der Waals surface area contributed by atoms with Gasteiger partial charge in [-0.15, -0.1) is 0 Å². The highest BCUT2D eigenvalue weighted by atomic mass is 16.3. The van der Waals surface area contributed by atoms with E-state index in [0.29, 0.717) is 6.54 Å². The molecule has 0 heterocycles. The first-order chi connectivity index (χ1) is 10.1. The van der Waals surface area contributed by atoms with Crippen LogP contribution in [0.4, 0.5) is 0 Å². The van der Waals surface area contributed by atoms with Gasteiger partial charge in [-0.25, -0.2) is 0 Å². The van der Waals surface area contributed by atoms with Gasteiger partial charge >= 0.3 is 0 Å². The number of carbonyl (C=O) groups excluding carboxylic acids is 1. The van der Waals surface area contributed by atoms with Crippen molar-refractivity contribution < 1.29 is 9.90 Å². The fraction of sp³-hybridized carbons (Fsp3) is 0.944. The van der Waals surface area contributed by atoms with Crippen LogP contribution in [0.3, 0.4) is 0 Å². The fourth-order valence-electron chi connectivity index (χ4n) is 6.21. The Kier molecular flexibility index (Phi) is 3.33. The zero-order valence-corrected chi connectivity index (χ0v) is 13.1. The standard InChI is InChI=1S/C18H29NO2/c20-16(19-12-18(21)4-2-1-3-5-18)17-9-13-6-14(10-17)8-15(7-13)11-17/h13-15,21H,1-12H2,(H,19,20). The third-order valence-electron chi connectivity index (χ3n) is 6.88. The number of nitrogens with one attached hydrogen (secondary N) is 1. The van der Waals surface area contributed by atoms with Gasteiger partial charge in [0.05, 0.1) is 5.60 Å². The number of rotatable bonds is 3. The van der Waals surface area contributed by atoms with Crippen molar-refractivity contribution in [2.24, 2.45) is 23.2 Å². The average Bonchev–Trinajstić information content (AvgIpc) is 2.44. The predicted molar refractivity (Wildman–Crippen MR) is 81.6 cm³/mol. The average molecular weight is 291 g/mol. The molecule has 0 aliphatic heterocycles. The summed E-state index contributed by atoms with van der Waals surface area (Å²) in [6.45, 7) is 0.480. The molecular weight excluding hydrogens is 262 g/mol. The van der Waals surface area contributed by atoms with Gasteiger partial charge in [-0.1, -0.05) is 19.3 Å². The Morgan fingerprint density at radius 1 is 0.952 bits per heavy atom. The van der Waals surface area contributed by atoms with Crippen LogP contribution >= 0.6 is 0 Å². The van der Waals surface area contributed by atoms with Crippen molar-refractivity contribution >= 4 is 5.91 Å². The van der Waals surface area contributed by atoms with Gasteiger partial charge in [-0.3, -0.25) is 4.79 Å². The molecule has 0 saturated heterocycles. The molecule has 0 spiro atoms. The van der Waals surface area contributed by atoms with Gasteiger partial charge in [-0.2, -0.15) is 0 Å². The van der Waals surface area contributed by atoms with Crippen LogP contribution in [0.25, 0.3) is 0 Å². The van der Waals surface area contributed by atoms with E-state index in [9.17, 15) is 9.90 Å². The molecule has 0 aromatic rings. The van der Waals surface area contributed by atoms with Gasteiger partial charge in [0.1, 0.15) is 0 Å². The second kappa shape index (κ2) is 4.97. The van der Waals surface area contributed by atoms with E-state index >= 15 is 0 Å². The Labute approximate surface area is 127 Å². The molecule has 2 N–H and O–H groups in total. The van der Waals surface area contributed by atoms with Crippen LogP contribution < -0.4 is 5.32 Å². The van der Waals surface area contributed by atoms with E-state index < -0.39 is 5.60 Å². The molecule has 0 aromatic heterocycles. The zero-order valence-electron chi connectivity index (χ0n) is 13.1. The number of amides is 1. The van der Waals surface area contributed by atoms with Crippen molar-refractivity contribution in [3.05, 3.63) is 0 Å². The summed E-state index contributed by atoms with van der Waals surface area (Å²) < 4.78 is 0. The lowest BCUT2D eigenvalue weighted by Crippen LogP contribution is -2.55. The van der Waals surface area contributed by atoms with E-state index in [0.717, 1.165) is 62.7 Å². The van der Waals surface area contributed by atoms with E-state index in [1.54, 1.807) is 0 Å². The van der Waals surface area contributed by atoms with Crippen LogP contribution in [0.15, 0.2) is 0 Å². The Balaban J connectivity index is 1.41. The van der Waals surface area contributed by atoms with Crippen molar-refractivity contribution in [2.45, 2.75) is 76.2 Å². The van der Waals surface area contributed by atoms with Crippen molar-refractivity contribution in [2.75, 3.05) is 6.54 Å². The summed E-state index contributed by atoms with van der Waals surface area (Å²) in [5, 5.41) is 13.7. The predicted octanol–water partition coefficient (Wildman–Crippen LogP) is 3.01. The summed E-state index contributed by atoms with van der Waals surface area (Å²) >= 11 is 0. The molecule has 118 valence electrons.